The Balaban J connectivity index is 1.60. The molecule has 4 nitrogen and oxygen atoms in total. The molecule has 19 heavy (non-hydrogen) atoms. The predicted molar refractivity (Wildman–Crippen MR) is 74.0 cm³/mol. The average molecular weight is 266 g/mol. The highest BCUT2D eigenvalue weighted by molar-refractivity contribution is 5.77. The van der Waals surface area contributed by atoms with Gasteiger partial charge in [0.1, 0.15) is 0 Å². The van der Waals surface area contributed by atoms with E-state index in [1.54, 1.807) is 0 Å². The van der Waals surface area contributed by atoms with Crippen molar-refractivity contribution < 1.29 is 9.53 Å². The number of ether oxygens (including phenoxy) is 1. The Morgan fingerprint density at radius 2 is 2.16 bits per heavy atom. The molecule has 3 fully saturated rings. The van der Waals surface area contributed by atoms with Gasteiger partial charge in [-0.3, -0.25) is 9.69 Å². The summed E-state index contributed by atoms with van der Waals surface area (Å²) in [6.45, 7) is 7.02. The molecule has 108 valence electrons. The lowest BCUT2D eigenvalue weighted by Gasteiger charge is -2.40. The van der Waals surface area contributed by atoms with Crippen molar-refractivity contribution in [3.05, 3.63) is 0 Å². The fourth-order valence-corrected chi connectivity index (χ4v) is 3.75. The topological polar surface area (TPSA) is 41.6 Å². The van der Waals surface area contributed by atoms with Crippen LogP contribution in [0.3, 0.4) is 0 Å². The van der Waals surface area contributed by atoms with Crippen LogP contribution in [0.1, 0.15) is 52.4 Å². The quantitative estimate of drug-likeness (QED) is 0.827. The van der Waals surface area contributed by atoms with E-state index in [0.717, 1.165) is 19.6 Å². The largest absolute Gasteiger partial charge is 0.370 e. The Morgan fingerprint density at radius 3 is 2.79 bits per heavy atom. The van der Waals surface area contributed by atoms with Crippen LogP contribution in [0.25, 0.3) is 0 Å². The van der Waals surface area contributed by atoms with Crippen LogP contribution in [0.4, 0.5) is 0 Å². The lowest BCUT2D eigenvalue weighted by Crippen LogP contribution is -2.48. The van der Waals surface area contributed by atoms with Gasteiger partial charge in [-0.2, -0.15) is 0 Å². The van der Waals surface area contributed by atoms with Crippen molar-refractivity contribution in [1.29, 1.82) is 0 Å². The summed E-state index contributed by atoms with van der Waals surface area (Å²) in [5.41, 5.74) is 0.189. The Bertz CT molecular complexity index is 363. The van der Waals surface area contributed by atoms with Crippen LogP contribution in [0, 0.1) is 0 Å². The molecule has 0 aromatic rings. The van der Waals surface area contributed by atoms with Gasteiger partial charge in [0.15, 0.2) is 0 Å². The number of hydrogen-bond donors (Lipinski definition) is 1. The first-order chi connectivity index (χ1) is 8.99. The van der Waals surface area contributed by atoms with Crippen molar-refractivity contribution in [2.45, 2.75) is 69.6 Å². The van der Waals surface area contributed by atoms with Crippen molar-refractivity contribution in [3.8, 4) is 0 Å². The molecule has 2 heterocycles. The van der Waals surface area contributed by atoms with Crippen LogP contribution in [-0.2, 0) is 9.53 Å². The first-order valence-electron chi connectivity index (χ1n) is 7.69. The molecule has 0 radical (unpaired) electrons. The molecule has 1 amide bonds. The highest BCUT2D eigenvalue weighted by Crippen LogP contribution is 2.45. The number of amides is 1. The van der Waals surface area contributed by atoms with Crippen LogP contribution >= 0.6 is 0 Å². The van der Waals surface area contributed by atoms with Gasteiger partial charge in [0, 0.05) is 31.6 Å². The smallest absolute Gasteiger partial charge is 0.221 e. The SMILES string of the molecule is CC1(C)CC(=O)NCCN1CC1CCC2(CCC2)O1. The fourth-order valence-electron chi connectivity index (χ4n) is 3.75. The summed E-state index contributed by atoms with van der Waals surface area (Å²) in [6, 6.07) is 0. The number of nitrogens with zero attached hydrogens (tertiary/aromatic N) is 1. The first kappa shape index (κ1) is 13.4. The van der Waals surface area contributed by atoms with Gasteiger partial charge in [-0.1, -0.05) is 0 Å². The molecule has 1 N–H and O–H groups in total. The molecule has 4 heteroatoms. The van der Waals surface area contributed by atoms with Crippen molar-refractivity contribution in [2.24, 2.45) is 0 Å². The third-order valence-corrected chi connectivity index (χ3v) is 5.18. The Labute approximate surface area is 115 Å². The molecule has 2 saturated heterocycles. The summed E-state index contributed by atoms with van der Waals surface area (Å²) < 4.78 is 6.30. The molecular weight excluding hydrogens is 240 g/mol. The highest BCUT2D eigenvalue weighted by atomic mass is 16.5. The van der Waals surface area contributed by atoms with Crippen molar-refractivity contribution in [3.63, 3.8) is 0 Å². The van der Waals surface area contributed by atoms with Gasteiger partial charge in [0.25, 0.3) is 0 Å². The summed E-state index contributed by atoms with van der Waals surface area (Å²) in [7, 11) is 0. The van der Waals surface area contributed by atoms with Crippen molar-refractivity contribution in [1.82, 2.24) is 10.2 Å². The van der Waals surface area contributed by atoms with Crippen LogP contribution in [-0.4, -0.2) is 47.7 Å². The van der Waals surface area contributed by atoms with Gasteiger partial charge >= 0.3 is 0 Å². The van der Waals surface area contributed by atoms with Crippen LogP contribution in [0.2, 0.25) is 0 Å². The molecule has 3 rings (SSSR count). The summed E-state index contributed by atoms with van der Waals surface area (Å²) in [5, 5.41) is 2.97. The van der Waals surface area contributed by atoms with Gasteiger partial charge in [-0.25, -0.2) is 0 Å². The van der Waals surface area contributed by atoms with E-state index in [-0.39, 0.29) is 17.0 Å². The number of nitrogens with one attached hydrogen (secondary N) is 1. The lowest BCUT2D eigenvalue weighted by atomic mass is 9.78. The van der Waals surface area contributed by atoms with Crippen LogP contribution < -0.4 is 5.32 Å². The van der Waals surface area contributed by atoms with E-state index in [1.165, 1.54) is 32.1 Å². The number of rotatable bonds is 2. The Hall–Kier alpha value is -0.610. The highest BCUT2D eigenvalue weighted by Gasteiger charge is 2.45. The summed E-state index contributed by atoms with van der Waals surface area (Å²) in [5.74, 6) is 0.176. The second kappa shape index (κ2) is 4.74. The zero-order valence-corrected chi connectivity index (χ0v) is 12.2. The van der Waals surface area contributed by atoms with Gasteiger partial charge < -0.3 is 10.1 Å². The van der Waals surface area contributed by atoms with Gasteiger partial charge in [-0.05, 0) is 46.0 Å². The van der Waals surface area contributed by atoms with E-state index in [9.17, 15) is 4.79 Å². The fraction of sp³-hybridized carbons (Fsp3) is 0.933. The molecule has 1 unspecified atom stereocenters. The van der Waals surface area contributed by atoms with E-state index in [2.05, 4.69) is 24.1 Å². The third-order valence-electron chi connectivity index (χ3n) is 5.18. The van der Waals surface area contributed by atoms with Crippen molar-refractivity contribution >= 4 is 5.91 Å². The van der Waals surface area contributed by atoms with E-state index in [1.807, 2.05) is 0 Å². The van der Waals surface area contributed by atoms with Crippen LogP contribution in [0.5, 0.6) is 0 Å². The first-order valence-corrected chi connectivity index (χ1v) is 7.69. The lowest BCUT2D eigenvalue weighted by molar-refractivity contribution is -0.123. The predicted octanol–water partition coefficient (Wildman–Crippen LogP) is 1.69. The number of carbonyl (C=O) groups excluding carboxylic acids is 1. The standard InChI is InChI=1S/C15H26N2O2/c1-14(2)10-13(18)16-8-9-17(14)11-12-4-7-15(19-12)5-3-6-15/h12H,3-11H2,1-2H3,(H,16,18). The minimum Gasteiger partial charge on any atom is -0.370 e. The maximum atomic E-state index is 11.7. The Morgan fingerprint density at radius 1 is 1.37 bits per heavy atom. The van der Waals surface area contributed by atoms with Gasteiger partial charge in [-0.15, -0.1) is 0 Å². The Kier molecular flexibility index (Phi) is 3.34. The molecule has 3 aliphatic rings. The average Bonchev–Trinajstić information content (AvgIpc) is 2.65. The van der Waals surface area contributed by atoms with E-state index >= 15 is 0 Å². The number of carbonyl (C=O) groups is 1. The maximum absolute atomic E-state index is 11.7. The molecule has 1 saturated carbocycles. The monoisotopic (exact) mass is 266 g/mol. The minimum absolute atomic E-state index is 0.0562. The summed E-state index contributed by atoms with van der Waals surface area (Å²) in [4.78, 5) is 14.1. The maximum Gasteiger partial charge on any atom is 0.221 e. The molecule has 1 atom stereocenters. The molecule has 2 aliphatic heterocycles. The zero-order chi connectivity index (χ0) is 13.5. The van der Waals surface area contributed by atoms with E-state index < -0.39 is 0 Å². The molecule has 1 aliphatic carbocycles. The van der Waals surface area contributed by atoms with Gasteiger partial charge in [0.2, 0.25) is 5.91 Å². The second-order valence-corrected chi connectivity index (χ2v) is 7.10. The minimum atomic E-state index is -0.0562. The normalized spacial score (nSPS) is 33.8. The zero-order valence-electron chi connectivity index (χ0n) is 12.2. The third kappa shape index (κ3) is 2.65. The molecular formula is C15H26N2O2. The van der Waals surface area contributed by atoms with E-state index in [0.29, 0.717) is 12.5 Å². The van der Waals surface area contributed by atoms with Crippen LogP contribution in [0.15, 0.2) is 0 Å². The molecule has 0 aromatic carbocycles. The molecule has 0 bridgehead atoms. The van der Waals surface area contributed by atoms with E-state index in [4.69, 9.17) is 4.74 Å². The second-order valence-electron chi connectivity index (χ2n) is 7.10. The van der Waals surface area contributed by atoms with Crippen molar-refractivity contribution in [2.75, 3.05) is 19.6 Å². The van der Waals surface area contributed by atoms with Gasteiger partial charge in [0.05, 0.1) is 11.7 Å². The summed E-state index contributed by atoms with van der Waals surface area (Å²) in [6.07, 6.45) is 7.23. The molecule has 0 aromatic heterocycles. The number of hydrogen-bond acceptors (Lipinski definition) is 3. The molecule has 1 spiro atoms. The summed E-state index contributed by atoms with van der Waals surface area (Å²) >= 11 is 0.